The molecule has 0 fully saturated rings. The highest BCUT2D eigenvalue weighted by Crippen LogP contribution is 2.22. The monoisotopic (exact) mass is 383 g/mol. The van der Waals surface area contributed by atoms with Gasteiger partial charge in [-0.05, 0) is 39.7 Å². The Labute approximate surface area is 138 Å². The molecule has 106 valence electrons. The van der Waals surface area contributed by atoms with Crippen LogP contribution in [-0.4, -0.2) is 14.5 Å². The van der Waals surface area contributed by atoms with Gasteiger partial charge in [-0.15, -0.1) is 0 Å². The fraction of sp³-hybridized carbons (Fsp3) is 0.0714. The first-order valence-corrected chi connectivity index (χ1v) is 7.55. The first-order chi connectivity index (χ1) is 10.0. The molecule has 2 aromatic heterocycles. The Balaban J connectivity index is 2.07. The summed E-state index contributed by atoms with van der Waals surface area (Å²) in [5, 5.41) is 1.36. The van der Waals surface area contributed by atoms with Crippen molar-refractivity contribution >= 4 is 50.2 Å². The maximum Gasteiger partial charge on any atom is 0.263 e. The normalized spacial score (nSPS) is 11.0. The smallest absolute Gasteiger partial charge is 0.263 e. The van der Waals surface area contributed by atoms with E-state index in [0.717, 1.165) is 5.56 Å². The van der Waals surface area contributed by atoms with Gasteiger partial charge in [0.05, 0.1) is 16.4 Å². The van der Waals surface area contributed by atoms with Crippen molar-refractivity contribution in [1.82, 2.24) is 14.5 Å². The third kappa shape index (κ3) is 2.95. The molecule has 0 saturated heterocycles. The van der Waals surface area contributed by atoms with Crippen molar-refractivity contribution in [2.45, 2.75) is 6.54 Å². The zero-order valence-corrected chi connectivity index (χ0v) is 13.7. The number of halogens is 3. The van der Waals surface area contributed by atoms with Crippen LogP contribution in [0.5, 0.6) is 0 Å². The largest absolute Gasteiger partial charge is 0.294 e. The fourth-order valence-electron chi connectivity index (χ4n) is 1.94. The van der Waals surface area contributed by atoms with Crippen LogP contribution in [0.15, 0.2) is 45.9 Å². The van der Waals surface area contributed by atoms with Crippen LogP contribution in [0, 0.1) is 0 Å². The quantitative estimate of drug-likeness (QED) is 0.629. The van der Waals surface area contributed by atoms with Crippen LogP contribution in [0.4, 0.5) is 0 Å². The summed E-state index contributed by atoms with van der Waals surface area (Å²) in [6.07, 6.45) is 1.47. The number of hydrogen-bond acceptors (Lipinski definition) is 3. The molecule has 0 aliphatic heterocycles. The zero-order chi connectivity index (χ0) is 15.0. The van der Waals surface area contributed by atoms with Crippen molar-refractivity contribution in [2.75, 3.05) is 0 Å². The van der Waals surface area contributed by atoms with Crippen LogP contribution in [0.3, 0.4) is 0 Å². The van der Waals surface area contributed by atoms with Gasteiger partial charge in [-0.2, -0.15) is 0 Å². The zero-order valence-electron chi connectivity index (χ0n) is 10.6. The van der Waals surface area contributed by atoms with E-state index in [1.165, 1.54) is 10.9 Å². The molecule has 0 N–H and O–H groups in total. The number of benzene rings is 1. The number of aromatic nitrogens is 3. The van der Waals surface area contributed by atoms with Gasteiger partial charge in [0.15, 0.2) is 5.65 Å². The molecule has 0 unspecified atom stereocenters. The van der Waals surface area contributed by atoms with Crippen molar-refractivity contribution in [3.8, 4) is 0 Å². The summed E-state index contributed by atoms with van der Waals surface area (Å²) in [4.78, 5) is 20.7. The maximum absolute atomic E-state index is 12.5. The van der Waals surface area contributed by atoms with Crippen LogP contribution in [-0.2, 0) is 6.54 Å². The Morgan fingerprint density at radius 3 is 2.62 bits per heavy atom. The highest BCUT2D eigenvalue weighted by molar-refractivity contribution is 9.10. The van der Waals surface area contributed by atoms with Gasteiger partial charge in [-0.25, -0.2) is 9.97 Å². The molecule has 0 radical (unpaired) electrons. The molecule has 0 bridgehead atoms. The van der Waals surface area contributed by atoms with Crippen molar-refractivity contribution in [3.05, 3.63) is 67.2 Å². The third-order valence-corrected chi connectivity index (χ3v) is 4.36. The molecule has 21 heavy (non-hydrogen) atoms. The Morgan fingerprint density at radius 1 is 1.19 bits per heavy atom. The number of pyridine rings is 1. The van der Waals surface area contributed by atoms with Gasteiger partial charge >= 0.3 is 0 Å². The van der Waals surface area contributed by atoms with Gasteiger partial charge < -0.3 is 0 Å². The Morgan fingerprint density at radius 2 is 1.90 bits per heavy atom. The summed E-state index contributed by atoms with van der Waals surface area (Å²) >= 11 is 15.0. The van der Waals surface area contributed by atoms with Crippen molar-refractivity contribution in [2.24, 2.45) is 0 Å². The minimum atomic E-state index is -0.167. The molecule has 0 saturated carbocycles. The lowest BCUT2D eigenvalue weighted by Crippen LogP contribution is -2.21. The van der Waals surface area contributed by atoms with E-state index in [1.807, 2.05) is 12.1 Å². The van der Waals surface area contributed by atoms with Crippen LogP contribution >= 0.6 is 39.1 Å². The van der Waals surface area contributed by atoms with Gasteiger partial charge in [0.2, 0.25) is 0 Å². The average molecular weight is 385 g/mol. The Bertz CT molecular complexity index is 878. The lowest BCUT2D eigenvalue weighted by Gasteiger charge is -2.07. The molecule has 0 aliphatic rings. The molecule has 0 amide bonds. The fourth-order valence-corrected chi connectivity index (χ4v) is 2.52. The first-order valence-electron chi connectivity index (χ1n) is 6.00. The standard InChI is InChI=1S/C14H8BrCl2N3O/c15-11-5-10-13(19-12(11)17)18-7-20(14(10)21)6-8-1-3-9(16)4-2-8/h1-5,7H,6H2. The lowest BCUT2D eigenvalue weighted by molar-refractivity contribution is 0.747. The van der Waals surface area contributed by atoms with E-state index >= 15 is 0 Å². The van der Waals surface area contributed by atoms with E-state index in [0.29, 0.717) is 27.1 Å². The number of fused-ring (bicyclic) bond motifs is 1. The number of rotatable bonds is 2. The molecule has 2 heterocycles. The molecule has 3 aromatic rings. The second-order valence-corrected chi connectivity index (χ2v) is 6.09. The minimum absolute atomic E-state index is 0.167. The van der Waals surface area contributed by atoms with Crippen LogP contribution in [0.25, 0.3) is 11.0 Å². The van der Waals surface area contributed by atoms with Gasteiger partial charge in [0.25, 0.3) is 5.56 Å². The van der Waals surface area contributed by atoms with E-state index in [2.05, 4.69) is 25.9 Å². The molecule has 7 heteroatoms. The molecule has 1 aromatic carbocycles. The average Bonchev–Trinajstić information content (AvgIpc) is 2.47. The molecule has 0 spiro atoms. The lowest BCUT2D eigenvalue weighted by atomic mass is 10.2. The second-order valence-electron chi connectivity index (χ2n) is 4.44. The highest BCUT2D eigenvalue weighted by Gasteiger charge is 2.09. The molecule has 4 nitrogen and oxygen atoms in total. The van der Waals surface area contributed by atoms with Crippen LogP contribution in [0.1, 0.15) is 5.56 Å². The molecule has 0 atom stereocenters. The van der Waals surface area contributed by atoms with Crippen molar-refractivity contribution in [1.29, 1.82) is 0 Å². The molecule has 3 rings (SSSR count). The predicted octanol–water partition coefficient (Wildman–Crippen LogP) is 3.91. The van der Waals surface area contributed by atoms with E-state index in [-0.39, 0.29) is 10.7 Å². The van der Waals surface area contributed by atoms with Crippen molar-refractivity contribution < 1.29 is 0 Å². The van der Waals surface area contributed by atoms with Gasteiger partial charge in [0, 0.05) is 5.02 Å². The number of nitrogens with zero attached hydrogens (tertiary/aromatic N) is 3. The minimum Gasteiger partial charge on any atom is -0.294 e. The van der Waals surface area contributed by atoms with Gasteiger partial charge in [0.1, 0.15) is 11.5 Å². The number of hydrogen-bond donors (Lipinski definition) is 0. The van der Waals surface area contributed by atoms with Crippen LogP contribution in [0.2, 0.25) is 10.2 Å². The maximum atomic E-state index is 12.5. The summed E-state index contributed by atoms with van der Waals surface area (Å²) in [5.41, 5.74) is 1.13. The summed E-state index contributed by atoms with van der Waals surface area (Å²) in [5.74, 6) is 0. The predicted molar refractivity (Wildman–Crippen MR) is 87.1 cm³/mol. The van der Waals surface area contributed by atoms with E-state index in [1.54, 1.807) is 18.2 Å². The van der Waals surface area contributed by atoms with E-state index in [9.17, 15) is 4.79 Å². The second kappa shape index (κ2) is 5.75. The van der Waals surface area contributed by atoms with Gasteiger partial charge in [-0.3, -0.25) is 9.36 Å². The molecule has 0 aliphatic carbocycles. The first kappa shape index (κ1) is 14.5. The summed E-state index contributed by atoms with van der Waals surface area (Å²) in [6.45, 7) is 0.416. The Hall–Kier alpha value is -1.43. The summed E-state index contributed by atoms with van der Waals surface area (Å²) in [6, 6.07) is 8.95. The van der Waals surface area contributed by atoms with Crippen LogP contribution < -0.4 is 5.56 Å². The van der Waals surface area contributed by atoms with Gasteiger partial charge in [-0.1, -0.05) is 35.3 Å². The SMILES string of the molecule is O=c1c2cc(Br)c(Cl)nc2ncn1Cc1ccc(Cl)cc1. The van der Waals surface area contributed by atoms with E-state index < -0.39 is 0 Å². The Kier molecular flexibility index (Phi) is 3.97. The topological polar surface area (TPSA) is 47.8 Å². The van der Waals surface area contributed by atoms with E-state index in [4.69, 9.17) is 23.2 Å². The molecular formula is C14H8BrCl2N3O. The van der Waals surface area contributed by atoms with Crippen molar-refractivity contribution in [3.63, 3.8) is 0 Å². The summed E-state index contributed by atoms with van der Waals surface area (Å²) < 4.78 is 2.09. The molecular weight excluding hydrogens is 377 g/mol. The summed E-state index contributed by atoms with van der Waals surface area (Å²) in [7, 11) is 0. The third-order valence-electron chi connectivity index (χ3n) is 2.99. The highest BCUT2D eigenvalue weighted by atomic mass is 79.9.